The summed E-state index contributed by atoms with van der Waals surface area (Å²) < 4.78 is 45.3. The van der Waals surface area contributed by atoms with E-state index >= 15 is 0 Å². The van der Waals surface area contributed by atoms with Crippen molar-refractivity contribution in [1.82, 2.24) is 9.97 Å². The molecule has 1 unspecified atom stereocenters. The lowest BCUT2D eigenvalue weighted by molar-refractivity contribution is -0.265. The molecule has 2 aromatic rings. The first-order valence-corrected chi connectivity index (χ1v) is 11.1. The molecule has 0 amide bonds. The second-order valence-corrected chi connectivity index (χ2v) is 9.37. The van der Waals surface area contributed by atoms with E-state index < -0.39 is 35.1 Å². The number of benzene rings is 1. The molecule has 13 heteroatoms. The summed E-state index contributed by atoms with van der Waals surface area (Å²) in [5.74, 6) is -1.69. The van der Waals surface area contributed by atoms with Gasteiger partial charge in [-0.2, -0.15) is 18.2 Å². The Hall–Kier alpha value is -3.61. The lowest BCUT2D eigenvalue weighted by Crippen LogP contribution is -2.36. The summed E-state index contributed by atoms with van der Waals surface area (Å²) in [5, 5.41) is 5.63. The van der Waals surface area contributed by atoms with Gasteiger partial charge in [-0.05, 0) is 57.7 Å². The molecule has 1 aliphatic carbocycles. The first-order valence-electron chi connectivity index (χ1n) is 11.1. The number of carbonyl (C=O) groups excluding carboxylic acids is 2. The molecular weight excluding hydrogens is 483 g/mol. The second-order valence-electron chi connectivity index (χ2n) is 9.37. The number of rotatable bonds is 8. The minimum atomic E-state index is -4.60. The van der Waals surface area contributed by atoms with E-state index in [0.717, 1.165) is 19.0 Å². The van der Waals surface area contributed by atoms with Crippen LogP contribution in [0.4, 0.5) is 30.6 Å². The van der Waals surface area contributed by atoms with Crippen LogP contribution in [-0.2, 0) is 32.0 Å². The summed E-state index contributed by atoms with van der Waals surface area (Å²) in [4.78, 5) is 40.7. The Morgan fingerprint density at radius 2 is 1.89 bits per heavy atom. The van der Waals surface area contributed by atoms with Gasteiger partial charge in [0.1, 0.15) is 23.2 Å². The third-order valence-electron chi connectivity index (χ3n) is 5.09. The molecule has 10 nitrogen and oxygen atoms in total. The summed E-state index contributed by atoms with van der Waals surface area (Å²) in [5.41, 5.74) is 5.04. The molecule has 1 saturated carbocycles. The van der Waals surface area contributed by atoms with Crippen molar-refractivity contribution in [1.29, 1.82) is 0 Å². The summed E-state index contributed by atoms with van der Waals surface area (Å²) in [6.45, 7) is 4.81. The molecule has 4 N–H and O–H groups in total. The summed E-state index contributed by atoms with van der Waals surface area (Å²) in [7, 11) is 1.40. The molecule has 1 aromatic heterocycles. The maximum atomic E-state index is 13.3. The number of hydrogen-bond acceptors (Lipinski definition) is 10. The largest absolute Gasteiger partial charge is 0.495 e. The molecule has 1 atom stereocenters. The molecule has 0 aliphatic heterocycles. The Morgan fingerprint density at radius 3 is 2.47 bits per heavy atom. The number of hydrogen-bond donors (Lipinski definition) is 3. The highest BCUT2D eigenvalue weighted by Gasteiger charge is 2.37. The van der Waals surface area contributed by atoms with Crippen LogP contribution in [0.5, 0.6) is 5.75 Å². The zero-order valence-electron chi connectivity index (χ0n) is 20.2. The van der Waals surface area contributed by atoms with Gasteiger partial charge in [-0.1, -0.05) is 6.07 Å². The fourth-order valence-corrected chi connectivity index (χ4v) is 2.87. The van der Waals surface area contributed by atoms with E-state index in [1.165, 1.54) is 7.11 Å². The summed E-state index contributed by atoms with van der Waals surface area (Å²) in [6, 6.07) is 3.63. The Kier molecular flexibility index (Phi) is 7.92. The van der Waals surface area contributed by atoms with Crippen LogP contribution >= 0.6 is 0 Å². The normalized spacial score (nSPS) is 14.6. The number of halogens is 3. The quantitative estimate of drug-likeness (QED) is 0.355. The van der Waals surface area contributed by atoms with Crippen molar-refractivity contribution in [3.05, 3.63) is 35.5 Å². The lowest BCUT2D eigenvalue weighted by Gasteiger charge is -2.17. The van der Waals surface area contributed by atoms with Crippen molar-refractivity contribution in [2.45, 2.75) is 58.3 Å². The number of nitrogens with two attached hydrogens (primary N) is 1. The summed E-state index contributed by atoms with van der Waals surface area (Å²) in [6.07, 6.45) is -2.30. The van der Waals surface area contributed by atoms with Gasteiger partial charge in [0.05, 0.1) is 18.2 Å². The van der Waals surface area contributed by atoms with Crippen LogP contribution in [0.15, 0.2) is 24.4 Å². The Bertz CT molecular complexity index is 1120. The minimum Gasteiger partial charge on any atom is -0.495 e. The van der Waals surface area contributed by atoms with E-state index in [2.05, 4.69) is 30.4 Å². The van der Waals surface area contributed by atoms with Gasteiger partial charge in [0.25, 0.3) is 0 Å². The molecule has 196 valence electrons. The maximum Gasteiger partial charge on any atom is 0.421 e. The van der Waals surface area contributed by atoms with E-state index in [-0.39, 0.29) is 24.2 Å². The van der Waals surface area contributed by atoms with Crippen LogP contribution in [0, 0.1) is 5.41 Å². The molecule has 1 aromatic carbocycles. The van der Waals surface area contributed by atoms with Crippen molar-refractivity contribution < 1.29 is 37.3 Å². The van der Waals surface area contributed by atoms with E-state index in [0.29, 0.717) is 17.0 Å². The highest BCUT2D eigenvalue weighted by Crippen LogP contribution is 2.37. The molecule has 0 spiro atoms. The fraction of sp³-hybridized carbons (Fsp3) is 0.478. The zero-order valence-corrected chi connectivity index (χ0v) is 20.2. The average molecular weight is 512 g/mol. The van der Waals surface area contributed by atoms with Gasteiger partial charge in [-0.3, -0.25) is 0 Å². The topological polar surface area (TPSA) is 138 Å². The molecule has 36 heavy (non-hydrogen) atoms. The Morgan fingerprint density at radius 1 is 1.19 bits per heavy atom. The molecular formula is C23H28F3N5O5. The molecule has 1 aliphatic rings. The third kappa shape index (κ3) is 7.20. The van der Waals surface area contributed by atoms with Crippen LogP contribution in [0.1, 0.15) is 44.7 Å². The van der Waals surface area contributed by atoms with Gasteiger partial charge in [-0.15, -0.1) is 0 Å². The van der Waals surface area contributed by atoms with Crippen molar-refractivity contribution >= 4 is 29.4 Å². The number of carbonyl (C=O) groups is 2. The van der Waals surface area contributed by atoms with Gasteiger partial charge >= 0.3 is 18.1 Å². The molecule has 0 bridgehead atoms. The van der Waals surface area contributed by atoms with Gasteiger partial charge in [0.2, 0.25) is 5.95 Å². The SMILES string of the molecule is COc1cc(CC(N)C(=O)OOC(=O)C(C)(C)C)ccc1Nc1ncc(C(F)(F)F)c(NC2CC2)n1. The number of alkyl halides is 3. The van der Waals surface area contributed by atoms with Crippen molar-refractivity contribution in [2.24, 2.45) is 11.1 Å². The Labute approximate surface area is 205 Å². The van der Waals surface area contributed by atoms with Crippen molar-refractivity contribution in [3.63, 3.8) is 0 Å². The minimum absolute atomic E-state index is 0.0365. The van der Waals surface area contributed by atoms with Gasteiger partial charge in [-0.25, -0.2) is 24.3 Å². The third-order valence-corrected chi connectivity index (χ3v) is 5.09. The van der Waals surface area contributed by atoms with E-state index in [4.69, 9.17) is 10.5 Å². The fourth-order valence-electron chi connectivity index (χ4n) is 2.87. The van der Waals surface area contributed by atoms with E-state index in [1.807, 2.05) is 0 Å². The first kappa shape index (κ1) is 27.0. The predicted octanol–water partition coefficient (Wildman–Crippen LogP) is 3.74. The standard InChI is InChI=1S/C23H28F3N5O5/c1-22(2,3)20(33)36-35-19(32)15(27)9-12-5-8-16(17(10-12)34-4)30-21-28-11-14(23(24,25)26)18(31-21)29-13-6-7-13/h5,8,10-11,13,15H,6-7,9,27H2,1-4H3,(H2,28,29,30,31). The van der Waals surface area contributed by atoms with Crippen molar-refractivity contribution in [3.8, 4) is 5.75 Å². The average Bonchev–Trinajstić information content (AvgIpc) is 3.60. The highest BCUT2D eigenvalue weighted by molar-refractivity contribution is 5.79. The van der Waals surface area contributed by atoms with Gasteiger partial charge < -0.3 is 21.1 Å². The lowest BCUT2D eigenvalue weighted by atomic mass is 9.98. The number of methoxy groups -OCH3 is 1. The van der Waals surface area contributed by atoms with Crippen LogP contribution < -0.4 is 21.1 Å². The van der Waals surface area contributed by atoms with Crippen LogP contribution in [0.3, 0.4) is 0 Å². The van der Waals surface area contributed by atoms with Crippen LogP contribution in [-0.4, -0.2) is 41.1 Å². The van der Waals surface area contributed by atoms with Crippen LogP contribution in [0.2, 0.25) is 0 Å². The first-order chi connectivity index (χ1) is 16.8. The van der Waals surface area contributed by atoms with E-state index in [1.54, 1.807) is 39.0 Å². The van der Waals surface area contributed by atoms with Gasteiger partial charge in [0.15, 0.2) is 0 Å². The zero-order chi connectivity index (χ0) is 26.7. The second kappa shape index (κ2) is 10.6. The Balaban J connectivity index is 1.69. The predicted molar refractivity (Wildman–Crippen MR) is 123 cm³/mol. The van der Waals surface area contributed by atoms with Gasteiger partial charge in [0, 0.05) is 12.2 Å². The molecule has 1 fully saturated rings. The smallest absolute Gasteiger partial charge is 0.421 e. The van der Waals surface area contributed by atoms with E-state index in [9.17, 15) is 22.8 Å². The number of anilines is 3. The summed E-state index contributed by atoms with van der Waals surface area (Å²) >= 11 is 0. The number of nitrogens with one attached hydrogen (secondary N) is 2. The molecule has 3 rings (SSSR count). The van der Waals surface area contributed by atoms with Crippen LogP contribution in [0.25, 0.3) is 0 Å². The van der Waals surface area contributed by atoms with Crippen molar-refractivity contribution in [2.75, 3.05) is 17.7 Å². The maximum absolute atomic E-state index is 13.3. The number of nitrogens with zero attached hydrogens (tertiary/aromatic N) is 2. The molecule has 1 heterocycles. The monoisotopic (exact) mass is 511 g/mol. The molecule has 0 saturated heterocycles. The number of aromatic nitrogens is 2. The highest BCUT2D eigenvalue weighted by atomic mass is 19.4. The number of ether oxygens (including phenoxy) is 1. The molecule has 0 radical (unpaired) electrons.